The summed E-state index contributed by atoms with van der Waals surface area (Å²) >= 11 is 0. The fourth-order valence-electron chi connectivity index (χ4n) is 3.16. The van der Waals surface area contributed by atoms with Crippen molar-refractivity contribution in [3.8, 4) is 0 Å². The molecule has 9 heteroatoms. The van der Waals surface area contributed by atoms with Crippen LogP contribution in [0.2, 0.25) is 0 Å². The van der Waals surface area contributed by atoms with E-state index in [1.807, 2.05) is 0 Å². The molecule has 1 aromatic carbocycles. The molecule has 2 aromatic rings. The van der Waals surface area contributed by atoms with Gasteiger partial charge in [0.05, 0.1) is 0 Å². The summed E-state index contributed by atoms with van der Waals surface area (Å²) in [6.07, 6.45) is 0. The van der Waals surface area contributed by atoms with Gasteiger partial charge < -0.3 is 10.2 Å². The van der Waals surface area contributed by atoms with E-state index in [0.717, 1.165) is 13.1 Å². The third kappa shape index (κ3) is 4.73. The van der Waals surface area contributed by atoms with Gasteiger partial charge in [0.15, 0.2) is 0 Å². The number of rotatable bonds is 4. The molecule has 0 atom stereocenters. The smallest absolute Gasteiger partial charge is 0.272 e. The molecular formula is C20H21F3N4O2. The highest BCUT2D eigenvalue weighted by molar-refractivity contribution is 6.04. The predicted molar refractivity (Wildman–Crippen MR) is 101 cm³/mol. The fourth-order valence-corrected chi connectivity index (χ4v) is 3.16. The van der Waals surface area contributed by atoms with Crippen LogP contribution in [-0.2, 0) is 0 Å². The summed E-state index contributed by atoms with van der Waals surface area (Å²) in [5.41, 5.74) is -0.810. The van der Waals surface area contributed by atoms with Crippen molar-refractivity contribution < 1.29 is 22.8 Å². The lowest BCUT2D eigenvalue weighted by Crippen LogP contribution is -2.50. The molecule has 0 spiro atoms. The Hall–Kier alpha value is -2.94. The average Bonchev–Trinajstić information content (AvgIpc) is 2.67. The van der Waals surface area contributed by atoms with Crippen LogP contribution < -0.4 is 5.32 Å². The quantitative estimate of drug-likeness (QED) is 0.848. The molecular weight excluding hydrogens is 385 g/mol. The van der Waals surface area contributed by atoms with E-state index in [0.29, 0.717) is 31.3 Å². The van der Waals surface area contributed by atoms with Crippen LogP contribution in [0.5, 0.6) is 0 Å². The van der Waals surface area contributed by atoms with Crippen molar-refractivity contribution in [1.29, 1.82) is 0 Å². The first-order valence-electron chi connectivity index (χ1n) is 9.22. The molecule has 29 heavy (non-hydrogen) atoms. The Bertz CT molecular complexity index is 905. The number of halogens is 3. The Morgan fingerprint density at radius 1 is 1.03 bits per heavy atom. The molecule has 1 saturated heterocycles. The zero-order valence-electron chi connectivity index (χ0n) is 16.1. The van der Waals surface area contributed by atoms with E-state index in [9.17, 15) is 22.8 Å². The second kappa shape index (κ2) is 8.60. The average molecular weight is 406 g/mol. The zero-order valence-corrected chi connectivity index (χ0v) is 16.1. The Morgan fingerprint density at radius 2 is 1.66 bits per heavy atom. The fraction of sp³-hybridized carbons (Fsp3) is 0.350. The van der Waals surface area contributed by atoms with Crippen LogP contribution in [0.3, 0.4) is 0 Å². The van der Waals surface area contributed by atoms with Crippen molar-refractivity contribution in [1.82, 2.24) is 14.8 Å². The zero-order chi connectivity index (χ0) is 21.1. The second-order valence-electron chi connectivity index (χ2n) is 7.03. The van der Waals surface area contributed by atoms with Crippen LogP contribution in [0.4, 0.5) is 19.0 Å². The van der Waals surface area contributed by atoms with Crippen molar-refractivity contribution in [2.75, 3.05) is 31.5 Å². The van der Waals surface area contributed by atoms with Gasteiger partial charge in [0.1, 0.15) is 34.5 Å². The number of piperazine rings is 1. The summed E-state index contributed by atoms with van der Waals surface area (Å²) in [7, 11) is 0. The van der Waals surface area contributed by atoms with E-state index in [1.54, 1.807) is 4.90 Å². The first kappa shape index (κ1) is 20.8. The Morgan fingerprint density at radius 3 is 2.24 bits per heavy atom. The van der Waals surface area contributed by atoms with Crippen molar-refractivity contribution >= 4 is 17.6 Å². The van der Waals surface area contributed by atoms with Crippen LogP contribution in [0.15, 0.2) is 30.3 Å². The van der Waals surface area contributed by atoms with Gasteiger partial charge in [-0.25, -0.2) is 18.2 Å². The number of carbonyl (C=O) groups is 2. The first-order chi connectivity index (χ1) is 13.8. The molecule has 154 valence electrons. The maximum absolute atomic E-state index is 13.8. The minimum Gasteiger partial charge on any atom is -0.335 e. The molecule has 0 unspecified atom stereocenters. The third-order valence-corrected chi connectivity index (χ3v) is 4.78. The first-order valence-corrected chi connectivity index (χ1v) is 9.22. The number of hydrogen-bond acceptors (Lipinski definition) is 4. The highest BCUT2D eigenvalue weighted by Crippen LogP contribution is 2.17. The van der Waals surface area contributed by atoms with Gasteiger partial charge in [-0.05, 0) is 26.0 Å². The SMILES string of the molecule is CC(C)N1CCN(C(=O)c2cccc(NC(=O)c3c(F)cc(F)cc3F)n2)CC1. The molecule has 1 aromatic heterocycles. The van der Waals surface area contributed by atoms with Crippen molar-refractivity contribution in [3.05, 3.63) is 59.0 Å². The molecule has 0 saturated carbocycles. The van der Waals surface area contributed by atoms with Crippen molar-refractivity contribution in [2.45, 2.75) is 19.9 Å². The van der Waals surface area contributed by atoms with Crippen LogP contribution in [0.25, 0.3) is 0 Å². The molecule has 6 nitrogen and oxygen atoms in total. The third-order valence-electron chi connectivity index (χ3n) is 4.78. The summed E-state index contributed by atoms with van der Waals surface area (Å²) in [4.78, 5) is 32.9. The maximum Gasteiger partial charge on any atom is 0.272 e. The standard InChI is InChI=1S/C20H21F3N4O2/c1-12(2)26-6-8-27(9-7-26)20(29)16-4-3-5-17(24-16)25-19(28)18-14(22)10-13(21)11-15(18)23/h3-5,10-12H,6-9H2,1-2H3,(H,24,25,28). The molecule has 1 aliphatic rings. The molecule has 2 amide bonds. The Balaban J connectivity index is 1.72. The monoisotopic (exact) mass is 406 g/mol. The van der Waals surface area contributed by atoms with Gasteiger partial charge >= 0.3 is 0 Å². The summed E-state index contributed by atoms with van der Waals surface area (Å²) in [5.74, 6) is -5.22. The lowest BCUT2D eigenvalue weighted by molar-refractivity contribution is 0.0590. The van der Waals surface area contributed by atoms with Gasteiger partial charge in [-0.15, -0.1) is 0 Å². The van der Waals surface area contributed by atoms with Gasteiger partial charge in [-0.2, -0.15) is 0 Å². The van der Waals surface area contributed by atoms with Gasteiger partial charge in [0.25, 0.3) is 11.8 Å². The lowest BCUT2D eigenvalue weighted by atomic mass is 10.1. The van der Waals surface area contributed by atoms with Crippen LogP contribution in [0, 0.1) is 17.5 Å². The predicted octanol–water partition coefficient (Wildman–Crippen LogP) is 2.92. The van der Waals surface area contributed by atoms with Crippen LogP contribution in [-0.4, -0.2) is 58.8 Å². The number of nitrogens with zero attached hydrogens (tertiary/aromatic N) is 3. The Kier molecular flexibility index (Phi) is 6.17. The Labute approximate surface area is 166 Å². The molecule has 0 aliphatic carbocycles. The minimum absolute atomic E-state index is 0.0372. The summed E-state index contributed by atoms with van der Waals surface area (Å²) in [6, 6.07) is 5.65. The number of benzene rings is 1. The van der Waals surface area contributed by atoms with E-state index in [2.05, 4.69) is 29.0 Å². The number of anilines is 1. The van der Waals surface area contributed by atoms with Gasteiger partial charge in [-0.1, -0.05) is 6.07 Å². The van der Waals surface area contributed by atoms with E-state index in [1.165, 1.54) is 18.2 Å². The molecule has 1 aliphatic heterocycles. The number of carbonyl (C=O) groups excluding carboxylic acids is 2. The molecule has 2 heterocycles. The second-order valence-corrected chi connectivity index (χ2v) is 7.03. The van der Waals surface area contributed by atoms with Crippen molar-refractivity contribution in [3.63, 3.8) is 0 Å². The van der Waals surface area contributed by atoms with Gasteiger partial charge in [0.2, 0.25) is 0 Å². The van der Waals surface area contributed by atoms with E-state index in [-0.39, 0.29) is 17.4 Å². The van der Waals surface area contributed by atoms with Crippen LogP contribution >= 0.6 is 0 Å². The van der Waals surface area contributed by atoms with Crippen molar-refractivity contribution in [2.24, 2.45) is 0 Å². The molecule has 1 fully saturated rings. The summed E-state index contributed by atoms with van der Waals surface area (Å²) in [6.45, 7) is 6.81. The van der Waals surface area contributed by atoms with Crippen LogP contribution in [0.1, 0.15) is 34.7 Å². The number of pyridine rings is 1. The largest absolute Gasteiger partial charge is 0.335 e. The summed E-state index contributed by atoms with van der Waals surface area (Å²) in [5, 5.41) is 2.25. The highest BCUT2D eigenvalue weighted by atomic mass is 19.1. The molecule has 0 radical (unpaired) electrons. The normalized spacial score (nSPS) is 14.9. The number of nitrogens with one attached hydrogen (secondary N) is 1. The molecule has 1 N–H and O–H groups in total. The molecule has 3 rings (SSSR count). The van der Waals surface area contributed by atoms with Gasteiger partial charge in [-0.3, -0.25) is 14.5 Å². The van der Waals surface area contributed by atoms with E-state index < -0.39 is 28.9 Å². The molecule has 0 bridgehead atoms. The number of hydrogen-bond donors (Lipinski definition) is 1. The number of amides is 2. The summed E-state index contributed by atoms with van der Waals surface area (Å²) < 4.78 is 40.6. The lowest BCUT2D eigenvalue weighted by Gasteiger charge is -2.36. The minimum atomic E-state index is -1.32. The number of aromatic nitrogens is 1. The topological polar surface area (TPSA) is 65.5 Å². The van der Waals surface area contributed by atoms with Gasteiger partial charge in [0, 0.05) is 44.4 Å². The maximum atomic E-state index is 13.8. The van der Waals surface area contributed by atoms with E-state index in [4.69, 9.17) is 0 Å². The van der Waals surface area contributed by atoms with E-state index >= 15 is 0 Å². The highest BCUT2D eigenvalue weighted by Gasteiger charge is 2.25.